The van der Waals surface area contributed by atoms with Crippen molar-refractivity contribution in [2.75, 3.05) is 18.4 Å². The maximum absolute atomic E-state index is 12.0. The van der Waals surface area contributed by atoms with E-state index in [1.54, 1.807) is 4.90 Å². The highest BCUT2D eigenvalue weighted by atomic mass is 79.9. The maximum Gasteiger partial charge on any atom is 0.320 e. The Bertz CT molecular complexity index is 533. The molecular formula is C14H17BrN2O3. The van der Waals surface area contributed by atoms with Gasteiger partial charge in [0, 0.05) is 10.2 Å². The van der Waals surface area contributed by atoms with Crippen molar-refractivity contribution in [3.05, 3.63) is 28.2 Å². The number of anilines is 1. The normalized spacial score (nSPS) is 19.0. The van der Waals surface area contributed by atoms with Crippen LogP contribution in [0.2, 0.25) is 0 Å². The van der Waals surface area contributed by atoms with E-state index in [0.29, 0.717) is 13.0 Å². The molecule has 0 spiro atoms. The molecule has 0 saturated carbocycles. The van der Waals surface area contributed by atoms with Crippen LogP contribution in [0.5, 0.6) is 0 Å². The number of carboxylic acids is 1. The Morgan fingerprint density at radius 1 is 1.50 bits per heavy atom. The second-order valence-electron chi connectivity index (χ2n) is 4.97. The average Bonchev–Trinajstić information content (AvgIpc) is 2.81. The van der Waals surface area contributed by atoms with Gasteiger partial charge in [-0.2, -0.15) is 0 Å². The third-order valence-electron chi connectivity index (χ3n) is 3.46. The fourth-order valence-electron chi connectivity index (χ4n) is 2.44. The molecule has 2 N–H and O–H groups in total. The van der Waals surface area contributed by atoms with Gasteiger partial charge in [-0.05, 0) is 50.1 Å². The Morgan fingerprint density at radius 3 is 2.90 bits per heavy atom. The predicted molar refractivity (Wildman–Crippen MR) is 79.7 cm³/mol. The Balaban J connectivity index is 1.97. The highest BCUT2D eigenvalue weighted by Gasteiger charge is 2.31. The molecule has 0 aromatic heterocycles. The van der Waals surface area contributed by atoms with Crippen molar-refractivity contribution in [1.29, 1.82) is 0 Å². The maximum atomic E-state index is 12.0. The van der Waals surface area contributed by atoms with Gasteiger partial charge in [0.1, 0.15) is 6.04 Å². The number of benzene rings is 1. The van der Waals surface area contributed by atoms with Crippen molar-refractivity contribution in [2.24, 2.45) is 0 Å². The number of carboxylic acid groups (broad SMARTS) is 1. The zero-order valence-electron chi connectivity index (χ0n) is 11.2. The molecule has 1 atom stereocenters. The predicted octanol–water partition coefficient (Wildman–Crippen LogP) is 2.25. The molecule has 20 heavy (non-hydrogen) atoms. The molecule has 0 bridgehead atoms. The van der Waals surface area contributed by atoms with Gasteiger partial charge in [0.15, 0.2) is 0 Å². The lowest BCUT2D eigenvalue weighted by Crippen LogP contribution is -2.40. The van der Waals surface area contributed by atoms with E-state index < -0.39 is 12.0 Å². The van der Waals surface area contributed by atoms with E-state index in [4.69, 9.17) is 5.11 Å². The minimum atomic E-state index is -0.852. The van der Waals surface area contributed by atoms with Crippen LogP contribution in [-0.2, 0) is 9.59 Å². The zero-order chi connectivity index (χ0) is 14.7. The van der Waals surface area contributed by atoms with Crippen molar-refractivity contribution in [1.82, 2.24) is 4.90 Å². The summed E-state index contributed by atoms with van der Waals surface area (Å²) in [5, 5.41) is 11.9. The summed E-state index contributed by atoms with van der Waals surface area (Å²) in [6.07, 6.45) is 1.43. The number of rotatable bonds is 4. The van der Waals surface area contributed by atoms with Gasteiger partial charge in [-0.1, -0.05) is 15.9 Å². The van der Waals surface area contributed by atoms with Gasteiger partial charge < -0.3 is 10.4 Å². The molecule has 2 rings (SSSR count). The van der Waals surface area contributed by atoms with Crippen LogP contribution in [0.4, 0.5) is 5.69 Å². The Kier molecular flexibility index (Phi) is 4.77. The molecule has 1 aromatic rings. The van der Waals surface area contributed by atoms with Gasteiger partial charge >= 0.3 is 5.97 Å². The molecule has 108 valence electrons. The summed E-state index contributed by atoms with van der Waals surface area (Å²) < 4.78 is 0.957. The van der Waals surface area contributed by atoms with E-state index in [-0.39, 0.29) is 12.5 Å². The van der Waals surface area contributed by atoms with Crippen molar-refractivity contribution in [2.45, 2.75) is 25.8 Å². The van der Waals surface area contributed by atoms with Crippen LogP contribution in [-0.4, -0.2) is 41.0 Å². The third kappa shape index (κ3) is 3.58. The second kappa shape index (κ2) is 6.37. The number of hydrogen-bond donors (Lipinski definition) is 2. The van der Waals surface area contributed by atoms with Crippen LogP contribution in [0.15, 0.2) is 22.7 Å². The molecule has 1 unspecified atom stereocenters. The highest BCUT2D eigenvalue weighted by molar-refractivity contribution is 9.10. The minimum absolute atomic E-state index is 0.118. The van der Waals surface area contributed by atoms with Crippen molar-refractivity contribution in [3.63, 3.8) is 0 Å². The topological polar surface area (TPSA) is 69.6 Å². The van der Waals surface area contributed by atoms with Gasteiger partial charge in [-0.25, -0.2) is 0 Å². The number of carbonyl (C=O) groups is 2. The molecule has 1 aromatic carbocycles. The summed E-state index contributed by atoms with van der Waals surface area (Å²) in [5.41, 5.74) is 1.72. The van der Waals surface area contributed by atoms with Crippen LogP contribution in [0.1, 0.15) is 18.4 Å². The van der Waals surface area contributed by atoms with Crippen LogP contribution in [0.25, 0.3) is 0 Å². The van der Waals surface area contributed by atoms with Crippen molar-refractivity contribution in [3.8, 4) is 0 Å². The highest BCUT2D eigenvalue weighted by Crippen LogP contribution is 2.21. The average molecular weight is 341 g/mol. The second-order valence-corrected chi connectivity index (χ2v) is 5.89. The van der Waals surface area contributed by atoms with Crippen LogP contribution in [0, 0.1) is 6.92 Å². The Labute approximate surface area is 126 Å². The third-order valence-corrected chi connectivity index (χ3v) is 3.95. The van der Waals surface area contributed by atoms with Gasteiger partial charge in [0.2, 0.25) is 5.91 Å². The first-order valence-electron chi connectivity index (χ1n) is 6.50. The van der Waals surface area contributed by atoms with E-state index in [2.05, 4.69) is 21.2 Å². The van der Waals surface area contributed by atoms with Gasteiger partial charge in [0.05, 0.1) is 6.54 Å². The number of likely N-dealkylation sites (tertiary alicyclic amines) is 1. The van der Waals surface area contributed by atoms with Crippen molar-refractivity contribution < 1.29 is 14.7 Å². The number of halogens is 1. The van der Waals surface area contributed by atoms with E-state index >= 15 is 0 Å². The Morgan fingerprint density at radius 2 is 2.25 bits per heavy atom. The summed E-state index contributed by atoms with van der Waals surface area (Å²) in [7, 11) is 0. The fraction of sp³-hybridized carbons (Fsp3) is 0.429. The molecule has 6 heteroatoms. The van der Waals surface area contributed by atoms with Crippen molar-refractivity contribution >= 4 is 33.5 Å². The molecule has 1 aliphatic rings. The summed E-state index contributed by atoms with van der Waals surface area (Å²) >= 11 is 3.37. The van der Waals surface area contributed by atoms with Gasteiger partial charge in [-0.15, -0.1) is 0 Å². The zero-order valence-corrected chi connectivity index (χ0v) is 12.8. The van der Waals surface area contributed by atoms with E-state index in [1.165, 1.54) is 0 Å². The summed E-state index contributed by atoms with van der Waals surface area (Å²) in [6, 6.07) is 5.08. The number of nitrogens with zero attached hydrogens (tertiary/aromatic N) is 1. The standard InChI is InChI=1S/C14H17BrN2O3/c1-9-7-10(15)4-5-11(9)16-13(18)8-17-6-2-3-12(17)14(19)20/h4-5,7,12H,2-3,6,8H2,1H3,(H,16,18)(H,19,20). The first-order chi connectivity index (χ1) is 9.47. The summed E-state index contributed by atoms with van der Waals surface area (Å²) in [6.45, 7) is 2.69. The molecular weight excluding hydrogens is 324 g/mol. The molecule has 1 saturated heterocycles. The lowest BCUT2D eigenvalue weighted by molar-refractivity contribution is -0.142. The lowest BCUT2D eigenvalue weighted by Gasteiger charge is -2.20. The molecule has 0 radical (unpaired) electrons. The fourth-order valence-corrected chi connectivity index (χ4v) is 2.91. The first-order valence-corrected chi connectivity index (χ1v) is 7.29. The van der Waals surface area contributed by atoms with E-state index in [1.807, 2.05) is 25.1 Å². The Hall–Kier alpha value is -1.40. The van der Waals surface area contributed by atoms with Gasteiger partial charge in [0.25, 0.3) is 0 Å². The lowest BCUT2D eigenvalue weighted by atomic mass is 10.2. The number of aryl methyl sites for hydroxylation is 1. The van der Waals surface area contributed by atoms with Crippen LogP contribution >= 0.6 is 15.9 Å². The molecule has 1 aliphatic heterocycles. The number of carbonyl (C=O) groups excluding carboxylic acids is 1. The number of amides is 1. The van der Waals surface area contributed by atoms with Crippen LogP contribution < -0.4 is 5.32 Å². The van der Waals surface area contributed by atoms with E-state index in [9.17, 15) is 9.59 Å². The number of nitrogens with one attached hydrogen (secondary N) is 1. The molecule has 1 amide bonds. The molecule has 5 nitrogen and oxygen atoms in total. The molecule has 0 aliphatic carbocycles. The number of hydrogen-bond acceptors (Lipinski definition) is 3. The summed E-state index contributed by atoms with van der Waals surface area (Å²) in [4.78, 5) is 24.8. The minimum Gasteiger partial charge on any atom is -0.480 e. The molecule has 1 fully saturated rings. The summed E-state index contributed by atoms with van der Waals surface area (Å²) in [5.74, 6) is -1.03. The van der Waals surface area contributed by atoms with E-state index in [0.717, 1.165) is 22.1 Å². The first kappa shape index (κ1) is 15.0. The van der Waals surface area contributed by atoms with Gasteiger partial charge in [-0.3, -0.25) is 14.5 Å². The quantitative estimate of drug-likeness (QED) is 0.881. The largest absolute Gasteiger partial charge is 0.480 e. The monoisotopic (exact) mass is 340 g/mol. The number of aliphatic carboxylic acids is 1. The molecule has 1 heterocycles. The smallest absolute Gasteiger partial charge is 0.320 e. The van der Waals surface area contributed by atoms with Crippen LogP contribution in [0.3, 0.4) is 0 Å². The SMILES string of the molecule is Cc1cc(Br)ccc1NC(=O)CN1CCCC1C(=O)O.